The fourth-order valence-electron chi connectivity index (χ4n) is 1.97. The van der Waals surface area contributed by atoms with E-state index in [0.29, 0.717) is 0 Å². The summed E-state index contributed by atoms with van der Waals surface area (Å²) in [5.74, 6) is 5.61. The minimum absolute atomic E-state index is 0.278. The van der Waals surface area contributed by atoms with Crippen LogP contribution in [0.5, 0.6) is 0 Å². The second kappa shape index (κ2) is 6.12. The average Bonchev–Trinajstić information content (AvgIpc) is 2.27. The summed E-state index contributed by atoms with van der Waals surface area (Å²) in [5.41, 5.74) is 5.56. The maximum Gasteiger partial charge on any atom is 0.0419 e. The maximum atomic E-state index is 5.61. The first-order valence-electron chi connectivity index (χ1n) is 6.34. The van der Waals surface area contributed by atoms with Gasteiger partial charge in [-0.2, -0.15) is 0 Å². The zero-order chi connectivity index (χ0) is 12.9. The lowest BCUT2D eigenvalue weighted by atomic mass is 9.87. The van der Waals surface area contributed by atoms with E-state index in [4.69, 9.17) is 5.84 Å². The van der Waals surface area contributed by atoms with Crippen molar-refractivity contribution < 1.29 is 0 Å². The zero-order valence-electron chi connectivity index (χ0n) is 11.5. The van der Waals surface area contributed by atoms with E-state index in [1.807, 2.05) is 6.20 Å². The summed E-state index contributed by atoms with van der Waals surface area (Å²) in [5, 5.41) is 0. The number of nitrogens with zero attached hydrogens (tertiary/aromatic N) is 1. The van der Waals surface area contributed by atoms with Crippen molar-refractivity contribution in [1.82, 2.24) is 10.4 Å². The van der Waals surface area contributed by atoms with Crippen molar-refractivity contribution in [2.75, 3.05) is 0 Å². The Bertz CT molecular complexity index is 324. The predicted octanol–water partition coefficient (Wildman–Crippen LogP) is 2.45. The van der Waals surface area contributed by atoms with Gasteiger partial charge in [-0.05, 0) is 29.9 Å². The van der Waals surface area contributed by atoms with Crippen molar-refractivity contribution in [3.63, 3.8) is 0 Å². The lowest BCUT2D eigenvalue weighted by Crippen LogP contribution is -2.39. The van der Waals surface area contributed by atoms with Crippen molar-refractivity contribution in [2.24, 2.45) is 11.3 Å². The SMILES string of the molecule is CCc1ccc(CC(CC(C)(C)C)NN)nc1. The van der Waals surface area contributed by atoms with Crippen molar-refractivity contribution in [2.45, 2.75) is 53.0 Å². The van der Waals surface area contributed by atoms with Crippen LogP contribution in [-0.4, -0.2) is 11.0 Å². The van der Waals surface area contributed by atoms with E-state index in [9.17, 15) is 0 Å². The summed E-state index contributed by atoms with van der Waals surface area (Å²) in [6.07, 6.45) is 4.92. The van der Waals surface area contributed by atoms with Crippen LogP contribution >= 0.6 is 0 Å². The first kappa shape index (κ1) is 14.1. The zero-order valence-corrected chi connectivity index (χ0v) is 11.5. The number of rotatable bonds is 5. The topological polar surface area (TPSA) is 50.9 Å². The minimum atomic E-state index is 0.278. The Labute approximate surface area is 105 Å². The Morgan fingerprint density at radius 2 is 2.06 bits per heavy atom. The second-order valence-electron chi connectivity index (χ2n) is 5.84. The molecule has 96 valence electrons. The number of hydrazine groups is 1. The van der Waals surface area contributed by atoms with Gasteiger partial charge in [0.05, 0.1) is 0 Å². The highest BCUT2D eigenvalue weighted by Gasteiger charge is 2.18. The van der Waals surface area contributed by atoms with Crippen molar-refractivity contribution in [3.05, 3.63) is 29.6 Å². The lowest BCUT2D eigenvalue weighted by molar-refractivity contribution is 0.307. The molecule has 1 aromatic rings. The summed E-state index contributed by atoms with van der Waals surface area (Å²) in [7, 11) is 0. The van der Waals surface area contributed by atoms with E-state index in [1.165, 1.54) is 5.56 Å². The van der Waals surface area contributed by atoms with E-state index in [2.05, 4.69) is 50.2 Å². The van der Waals surface area contributed by atoms with Gasteiger partial charge in [-0.15, -0.1) is 0 Å². The molecule has 3 heteroatoms. The molecule has 0 radical (unpaired) electrons. The molecule has 0 fully saturated rings. The standard InChI is InChI=1S/C14H25N3/c1-5-11-6-7-12(16-10-11)8-13(17-15)9-14(2,3)4/h6-7,10,13,17H,5,8-9,15H2,1-4H3. The molecule has 0 aliphatic rings. The Balaban J connectivity index is 2.61. The third-order valence-corrected chi connectivity index (χ3v) is 2.84. The highest BCUT2D eigenvalue weighted by atomic mass is 15.2. The Hall–Kier alpha value is -0.930. The van der Waals surface area contributed by atoms with Crippen LogP contribution in [0.2, 0.25) is 0 Å². The fraction of sp³-hybridized carbons (Fsp3) is 0.643. The van der Waals surface area contributed by atoms with E-state index in [-0.39, 0.29) is 11.5 Å². The number of pyridine rings is 1. The van der Waals surface area contributed by atoms with Crippen LogP contribution in [-0.2, 0) is 12.8 Å². The third-order valence-electron chi connectivity index (χ3n) is 2.84. The number of nitrogens with one attached hydrogen (secondary N) is 1. The number of hydrogen-bond donors (Lipinski definition) is 2. The first-order chi connectivity index (χ1) is 7.94. The molecule has 0 saturated heterocycles. The van der Waals surface area contributed by atoms with Crippen LogP contribution < -0.4 is 11.3 Å². The molecule has 1 unspecified atom stereocenters. The van der Waals surface area contributed by atoms with E-state index in [0.717, 1.165) is 25.0 Å². The molecule has 3 N–H and O–H groups in total. The molecule has 0 saturated carbocycles. The van der Waals surface area contributed by atoms with E-state index < -0.39 is 0 Å². The molecule has 0 aliphatic carbocycles. The Morgan fingerprint density at radius 1 is 1.35 bits per heavy atom. The van der Waals surface area contributed by atoms with Gasteiger partial charge in [-0.3, -0.25) is 16.3 Å². The number of aryl methyl sites for hydroxylation is 1. The number of nitrogens with two attached hydrogens (primary N) is 1. The van der Waals surface area contributed by atoms with Gasteiger partial charge < -0.3 is 0 Å². The third kappa shape index (κ3) is 5.29. The van der Waals surface area contributed by atoms with Crippen molar-refractivity contribution >= 4 is 0 Å². The van der Waals surface area contributed by atoms with Crippen LogP contribution in [0.1, 0.15) is 45.4 Å². The van der Waals surface area contributed by atoms with Gasteiger partial charge in [-0.1, -0.05) is 33.8 Å². The predicted molar refractivity (Wildman–Crippen MR) is 72.5 cm³/mol. The highest BCUT2D eigenvalue weighted by molar-refractivity contribution is 5.14. The molecule has 1 rings (SSSR count). The average molecular weight is 235 g/mol. The van der Waals surface area contributed by atoms with E-state index >= 15 is 0 Å². The van der Waals surface area contributed by atoms with Gasteiger partial charge >= 0.3 is 0 Å². The minimum Gasteiger partial charge on any atom is -0.271 e. The summed E-state index contributed by atoms with van der Waals surface area (Å²) in [6.45, 7) is 8.82. The molecule has 1 atom stereocenters. The van der Waals surface area contributed by atoms with Crippen LogP contribution in [0, 0.1) is 5.41 Å². The summed E-state index contributed by atoms with van der Waals surface area (Å²) in [4.78, 5) is 4.47. The van der Waals surface area contributed by atoms with Gasteiger partial charge in [0.25, 0.3) is 0 Å². The molecule has 1 heterocycles. The Morgan fingerprint density at radius 3 is 2.47 bits per heavy atom. The molecule has 17 heavy (non-hydrogen) atoms. The van der Waals surface area contributed by atoms with Gasteiger partial charge in [0.2, 0.25) is 0 Å². The molecule has 0 spiro atoms. The lowest BCUT2D eigenvalue weighted by Gasteiger charge is -2.25. The van der Waals surface area contributed by atoms with Crippen LogP contribution in [0.4, 0.5) is 0 Å². The largest absolute Gasteiger partial charge is 0.271 e. The molecular formula is C14H25N3. The molecule has 1 aromatic heterocycles. The second-order valence-corrected chi connectivity index (χ2v) is 5.84. The summed E-state index contributed by atoms with van der Waals surface area (Å²) < 4.78 is 0. The number of aromatic nitrogens is 1. The van der Waals surface area contributed by atoms with Crippen LogP contribution in [0.3, 0.4) is 0 Å². The van der Waals surface area contributed by atoms with Gasteiger partial charge in [0.1, 0.15) is 0 Å². The molecule has 0 aromatic carbocycles. The molecule has 0 bridgehead atoms. The Kier molecular flexibility index (Phi) is 5.09. The first-order valence-corrected chi connectivity index (χ1v) is 6.34. The molecular weight excluding hydrogens is 210 g/mol. The van der Waals surface area contributed by atoms with Crippen molar-refractivity contribution in [3.8, 4) is 0 Å². The van der Waals surface area contributed by atoms with Crippen LogP contribution in [0.15, 0.2) is 18.3 Å². The molecule has 0 amide bonds. The van der Waals surface area contributed by atoms with Gasteiger partial charge in [-0.25, -0.2) is 0 Å². The van der Waals surface area contributed by atoms with Gasteiger partial charge in [0.15, 0.2) is 0 Å². The van der Waals surface area contributed by atoms with E-state index in [1.54, 1.807) is 0 Å². The molecule has 0 aliphatic heterocycles. The monoisotopic (exact) mass is 235 g/mol. The fourth-order valence-corrected chi connectivity index (χ4v) is 1.97. The molecule has 3 nitrogen and oxygen atoms in total. The van der Waals surface area contributed by atoms with Crippen molar-refractivity contribution in [1.29, 1.82) is 0 Å². The maximum absolute atomic E-state index is 5.61. The highest BCUT2D eigenvalue weighted by Crippen LogP contribution is 2.21. The quantitative estimate of drug-likeness (QED) is 0.609. The van der Waals surface area contributed by atoms with Gasteiger partial charge in [0, 0.05) is 24.4 Å². The smallest absolute Gasteiger partial charge is 0.0419 e. The normalized spacial score (nSPS) is 13.7. The summed E-state index contributed by atoms with van der Waals surface area (Å²) in [6, 6.07) is 4.54. The van der Waals surface area contributed by atoms with Crippen LogP contribution in [0.25, 0.3) is 0 Å². The summed E-state index contributed by atoms with van der Waals surface area (Å²) >= 11 is 0. The number of hydrogen-bond acceptors (Lipinski definition) is 3.